The summed E-state index contributed by atoms with van der Waals surface area (Å²) in [5, 5.41) is 82.7. The molecule has 0 aromatic carbocycles. The van der Waals surface area contributed by atoms with Crippen molar-refractivity contribution >= 4 is 5.97 Å². The Labute approximate surface area is 325 Å². The van der Waals surface area contributed by atoms with Crippen molar-refractivity contribution in [2.24, 2.45) is 50.2 Å². The van der Waals surface area contributed by atoms with Crippen LogP contribution in [0.25, 0.3) is 0 Å². The van der Waals surface area contributed by atoms with Crippen LogP contribution >= 0.6 is 0 Å². The van der Waals surface area contributed by atoms with Crippen LogP contribution in [0.4, 0.5) is 0 Å². The Morgan fingerprint density at radius 3 is 1.91 bits per heavy atom. The summed E-state index contributed by atoms with van der Waals surface area (Å²) in [5.74, 6) is 0.0905. The van der Waals surface area contributed by atoms with Gasteiger partial charge in [0, 0.05) is 0 Å². The fourth-order valence-corrected chi connectivity index (χ4v) is 13.6. The summed E-state index contributed by atoms with van der Waals surface area (Å²) in [7, 11) is 0. The van der Waals surface area contributed by atoms with Crippen molar-refractivity contribution in [3.63, 3.8) is 0 Å². The Hall–Kier alpha value is -1.23. The van der Waals surface area contributed by atoms with Crippen LogP contribution in [-0.2, 0) is 23.7 Å². The van der Waals surface area contributed by atoms with Crippen LogP contribution in [0.3, 0.4) is 0 Å². The molecular formula is C42H68O13. The van der Waals surface area contributed by atoms with Crippen molar-refractivity contribution in [3.05, 3.63) is 11.6 Å². The van der Waals surface area contributed by atoms with Gasteiger partial charge in [0.1, 0.15) is 48.8 Å². The maximum Gasteiger partial charge on any atom is 0.315 e. The fourth-order valence-electron chi connectivity index (χ4n) is 13.6. The van der Waals surface area contributed by atoms with Gasteiger partial charge in [-0.05, 0) is 109 Å². The minimum Gasteiger partial charge on any atom is -0.432 e. The quantitative estimate of drug-likeness (QED) is 0.111. The van der Waals surface area contributed by atoms with Gasteiger partial charge in [-0.1, -0.05) is 60.1 Å². The molecule has 8 N–H and O–H groups in total. The van der Waals surface area contributed by atoms with Crippen LogP contribution in [-0.4, -0.2) is 128 Å². The highest BCUT2D eigenvalue weighted by molar-refractivity contribution is 5.79. The van der Waals surface area contributed by atoms with Crippen LogP contribution in [0.2, 0.25) is 0 Å². The van der Waals surface area contributed by atoms with Crippen molar-refractivity contribution in [1.82, 2.24) is 0 Å². The van der Waals surface area contributed by atoms with Gasteiger partial charge < -0.3 is 59.8 Å². The van der Waals surface area contributed by atoms with Crippen LogP contribution in [0, 0.1) is 50.2 Å². The molecule has 0 aromatic rings. The molecule has 6 fully saturated rings. The second-order valence-electron chi connectivity index (χ2n) is 20.7. The van der Waals surface area contributed by atoms with Gasteiger partial charge in [0.05, 0.1) is 24.7 Å². The summed E-state index contributed by atoms with van der Waals surface area (Å²) in [6.45, 7) is 15.2. The Morgan fingerprint density at radius 2 is 1.29 bits per heavy atom. The molecule has 0 amide bonds. The highest BCUT2D eigenvalue weighted by Gasteiger charge is 2.70. The topological polar surface area (TPSA) is 216 Å². The third kappa shape index (κ3) is 6.23. The molecule has 0 unspecified atom stereocenters. The molecule has 0 spiro atoms. The van der Waals surface area contributed by atoms with E-state index in [1.165, 1.54) is 5.57 Å². The summed E-state index contributed by atoms with van der Waals surface area (Å²) in [6, 6.07) is 0. The Kier molecular flexibility index (Phi) is 10.8. The number of aliphatic hydroxyl groups is 8. The number of aliphatic hydroxyl groups excluding tert-OH is 8. The molecule has 314 valence electrons. The van der Waals surface area contributed by atoms with Crippen LogP contribution in [0.15, 0.2) is 11.6 Å². The number of rotatable bonds is 6. The third-order valence-corrected chi connectivity index (χ3v) is 17.2. The smallest absolute Gasteiger partial charge is 0.315 e. The van der Waals surface area contributed by atoms with E-state index >= 15 is 0 Å². The first-order valence-corrected chi connectivity index (χ1v) is 20.8. The third-order valence-electron chi connectivity index (χ3n) is 17.2. The van der Waals surface area contributed by atoms with E-state index in [0.717, 1.165) is 51.4 Å². The van der Waals surface area contributed by atoms with E-state index in [2.05, 4.69) is 54.5 Å². The van der Waals surface area contributed by atoms with E-state index in [1.54, 1.807) is 0 Å². The van der Waals surface area contributed by atoms with Crippen LogP contribution < -0.4 is 0 Å². The predicted octanol–water partition coefficient (Wildman–Crippen LogP) is 2.32. The SMILES string of the molecule is CC1(C)CC[C@]2(C(=O)O[C@@H]3O[C@H](CO)[C@@H](O)[C@H](O)[C@H]3O)CC[C@]3(C)C(=CC[C@@H]4[C@@]5(C)CC[C@H](O[C@@H]6O[C@H](CO)[C@@H](O)[C@H](O)[C@H]6O)C(C)(C)[C@@H]5CC[C@]43C)[C@@H]2C1. The Balaban J connectivity index is 1.16. The molecule has 2 aliphatic heterocycles. The Bertz CT molecular complexity index is 1480. The lowest BCUT2D eigenvalue weighted by molar-refractivity contribution is -0.330. The summed E-state index contributed by atoms with van der Waals surface area (Å²) < 4.78 is 23.9. The standard InChI is InChI=1S/C42H68O13/c1-37(2)14-16-42(36(51)55-35-33(50)31(48)29(46)24(20-44)53-35)17-15-40(6)21(22(42)18-37)8-9-26-39(5)12-11-27(38(3,4)25(39)10-13-41(26,40)7)54-34-32(49)30(47)28(45)23(19-43)52-34/h8,22-35,43-50H,9-20H2,1-7H3/t22-,23+,24+,25-,26+,27-,28+,29+,30-,31-,32+,33+,34-,35-,39-,40+,41+,42-/m0/s1. The Morgan fingerprint density at radius 1 is 0.709 bits per heavy atom. The first kappa shape index (κ1) is 41.9. The van der Waals surface area contributed by atoms with Gasteiger partial charge in [0.2, 0.25) is 6.29 Å². The molecular weight excluding hydrogens is 712 g/mol. The van der Waals surface area contributed by atoms with E-state index in [4.69, 9.17) is 18.9 Å². The first-order chi connectivity index (χ1) is 25.6. The highest BCUT2D eigenvalue weighted by Crippen LogP contribution is 2.76. The van der Waals surface area contributed by atoms with E-state index in [9.17, 15) is 45.6 Å². The highest BCUT2D eigenvalue weighted by atomic mass is 16.7. The second kappa shape index (κ2) is 14.2. The summed E-state index contributed by atoms with van der Waals surface area (Å²) in [5.41, 5.74) is -0.147. The molecule has 7 aliphatic rings. The van der Waals surface area contributed by atoms with E-state index < -0.39 is 86.0 Å². The molecule has 0 radical (unpaired) electrons. The number of ether oxygens (including phenoxy) is 4. The molecule has 0 bridgehead atoms. The van der Waals surface area contributed by atoms with Gasteiger partial charge in [-0.25, -0.2) is 0 Å². The predicted molar refractivity (Wildman–Crippen MR) is 198 cm³/mol. The average Bonchev–Trinajstić information content (AvgIpc) is 3.13. The number of hydrogen-bond donors (Lipinski definition) is 8. The molecule has 18 atom stereocenters. The summed E-state index contributed by atoms with van der Waals surface area (Å²) in [6.07, 6.45) is -3.82. The molecule has 13 nitrogen and oxygen atoms in total. The zero-order valence-corrected chi connectivity index (χ0v) is 33.8. The van der Waals surface area contributed by atoms with Gasteiger partial charge in [-0.15, -0.1) is 0 Å². The number of allylic oxidation sites excluding steroid dienone is 2. The number of fused-ring (bicyclic) bond motifs is 7. The zero-order valence-electron chi connectivity index (χ0n) is 33.8. The van der Waals surface area contributed by atoms with Crippen LogP contribution in [0.1, 0.15) is 113 Å². The van der Waals surface area contributed by atoms with Crippen molar-refractivity contribution in [2.75, 3.05) is 13.2 Å². The number of hydrogen-bond acceptors (Lipinski definition) is 13. The van der Waals surface area contributed by atoms with E-state index in [1.807, 2.05) is 0 Å². The van der Waals surface area contributed by atoms with Crippen molar-refractivity contribution in [3.8, 4) is 0 Å². The summed E-state index contributed by atoms with van der Waals surface area (Å²) in [4.78, 5) is 14.6. The number of carbonyl (C=O) groups excluding carboxylic acids is 1. The monoisotopic (exact) mass is 780 g/mol. The van der Waals surface area contributed by atoms with Gasteiger partial charge in [-0.2, -0.15) is 0 Å². The fraction of sp³-hybridized carbons (Fsp3) is 0.929. The van der Waals surface area contributed by atoms with Gasteiger partial charge >= 0.3 is 5.97 Å². The second-order valence-corrected chi connectivity index (χ2v) is 20.7. The maximum atomic E-state index is 14.6. The normalized spacial score (nSPS) is 53.1. The van der Waals surface area contributed by atoms with Crippen molar-refractivity contribution in [2.45, 2.75) is 180 Å². The van der Waals surface area contributed by atoms with Gasteiger partial charge in [-0.3, -0.25) is 4.79 Å². The maximum absolute atomic E-state index is 14.6. The molecule has 0 aromatic heterocycles. The largest absolute Gasteiger partial charge is 0.432 e. The molecule has 13 heteroatoms. The molecule has 4 saturated carbocycles. The number of carbonyl (C=O) groups is 1. The molecule has 7 rings (SSSR count). The lowest BCUT2D eigenvalue weighted by Crippen LogP contribution is -2.66. The first-order valence-electron chi connectivity index (χ1n) is 20.8. The minimum absolute atomic E-state index is 0.0125. The van der Waals surface area contributed by atoms with Gasteiger partial charge in [0.15, 0.2) is 6.29 Å². The average molecular weight is 781 g/mol. The van der Waals surface area contributed by atoms with Crippen LogP contribution in [0.5, 0.6) is 0 Å². The molecule has 2 heterocycles. The van der Waals surface area contributed by atoms with Gasteiger partial charge in [0.25, 0.3) is 0 Å². The molecule has 5 aliphatic carbocycles. The van der Waals surface area contributed by atoms with Crippen molar-refractivity contribution < 1.29 is 64.6 Å². The van der Waals surface area contributed by atoms with Crippen molar-refractivity contribution in [1.29, 1.82) is 0 Å². The summed E-state index contributed by atoms with van der Waals surface area (Å²) >= 11 is 0. The lowest BCUT2D eigenvalue weighted by Gasteiger charge is -2.71. The molecule has 55 heavy (non-hydrogen) atoms. The minimum atomic E-state index is -1.66. The number of esters is 1. The molecule has 2 saturated heterocycles. The lowest BCUT2D eigenvalue weighted by atomic mass is 9.33. The van der Waals surface area contributed by atoms with E-state index in [0.29, 0.717) is 18.8 Å². The van der Waals surface area contributed by atoms with E-state index in [-0.39, 0.29) is 45.0 Å². The zero-order chi connectivity index (χ0) is 40.3.